The average Bonchev–Trinajstić information content (AvgIpc) is 2.26. The zero-order valence-electron chi connectivity index (χ0n) is 12.7. The molecule has 2 N–H and O–H groups in total. The fourth-order valence-electron chi connectivity index (χ4n) is 1.97. The number of amides is 1. The fourth-order valence-corrected chi connectivity index (χ4v) is 1.97. The molecule has 4 heteroatoms. The van der Waals surface area contributed by atoms with Crippen molar-refractivity contribution >= 4 is 11.9 Å². The third-order valence-electron chi connectivity index (χ3n) is 3.03. The van der Waals surface area contributed by atoms with E-state index >= 15 is 0 Å². The molecular weight excluding hydrogens is 242 g/mol. The first-order valence-corrected chi connectivity index (χ1v) is 7.35. The number of hydrogen-bond acceptors (Lipinski definition) is 2. The van der Waals surface area contributed by atoms with Crippen LogP contribution in [-0.2, 0) is 9.59 Å². The van der Waals surface area contributed by atoms with Gasteiger partial charge in [0.05, 0.1) is 0 Å². The SMILES string of the molecule is CC(C)CCCCCC(=O)NC(CC(C)C)C(=O)O. The highest BCUT2D eigenvalue weighted by Crippen LogP contribution is 2.10. The Morgan fingerprint density at radius 2 is 1.63 bits per heavy atom. The number of carbonyl (C=O) groups is 2. The largest absolute Gasteiger partial charge is 0.480 e. The number of carbonyl (C=O) groups excluding carboxylic acids is 1. The van der Waals surface area contributed by atoms with Crippen LogP contribution in [0.15, 0.2) is 0 Å². The summed E-state index contributed by atoms with van der Waals surface area (Å²) in [4.78, 5) is 22.7. The van der Waals surface area contributed by atoms with Gasteiger partial charge in [0, 0.05) is 6.42 Å². The van der Waals surface area contributed by atoms with E-state index in [9.17, 15) is 9.59 Å². The van der Waals surface area contributed by atoms with Crippen LogP contribution in [0.5, 0.6) is 0 Å². The van der Waals surface area contributed by atoms with Gasteiger partial charge < -0.3 is 10.4 Å². The van der Waals surface area contributed by atoms with Crippen molar-refractivity contribution in [3.05, 3.63) is 0 Å². The Balaban J connectivity index is 3.84. The zero-order chi connectivity index (χ0) is 14.8. The molecule has 19 heavy (non-hydrogen) atoms. The van der Waals surface area contributed by atoms with Gasteiger partial charge in [-0.3, -0.25) is 4.79 Å². The highest BCUT2D eigenvalue weighted by Gasteiger charge is 2.20. The summed E-state index contributed by atoms with van der Waals surface area (Å²) in [5.74, 6) is -0.122. The Labute approximate surface area is 117 Å². The first-order valence-electron chi connectivity index (χ1n) is 7.35. The molecular formula is C15H29NO3. The van der Waals surface area contributed by atoms with Gasteiger partial charge in [0.15, 0.2) is 0 Å². The van der Waals surface area contributed by atoms with E-state index in [0.717, 1.165) is 19.3 Å². The monoisotopic (exact) mass is 271 g/mol. The summed E-state index contributed by atoms with van der Waals surface area (Å²) < 4.78 is 0. The van der Waals surface area contributed by atoms with E-state index in [4.69, 9.17) is 5.11 Å². The molecule has 0 heterocycles. The molecule has 0 aliphatic heterocycles. The first kappa shape index (κ1) is 17.9. The summed E-state index contributed by atoms with van der Waals surface area (Å²) in [6.45, 7) is 8.29. The minimum absolute atomic E-state index is 0.141. The lowest BCUT2D eigenvalue weighted by atomic mass is 10.0. The van der Waals surface area contributed by atoms with E-state index < -0.39 is 12.0 Å². The summed E-state index contributed by atoms with van der Waals surface area (Å²) in [7, 11) is 0. The number of hydrogen-bond donors (Lipinski definition) is 2. The van der Waals surface area contributed by atoms with Gasteiger partial charge in [-0.1, -0.05) is 47.0 Å². The number of rotatable bonds is 10. The molecule has 0 aromatic rings. The predicted octanol–water partition coefficient (Wildman–Crippen LogP) is 3.21. The number of carboxylic acids is 1. The minimum atomic E-state index is -0.943. The Bertz CT molecular complexity index is 275. The van der Waals surface area contributed by atoms with Crippen LogP contribution in [0.1, 0.15) is 66.2 Å². The zero-order valence-corrected chi connectivity index (χ0v) is 12.7. The highest BCUT2D eigenvalue weighted by atomic mass is 16.4. The lowest BCUT2D eigenvalue weighted by Gasteiger charge is -2.16. The van der Waals surface area contributed by atoms with Crippen LogP contribution in [-0.4, -0.2) is 23.0 Å². The fraction of sp³-hybridized carbons (Fsp3) is 0.867. The first-order chi connectivity index (χ1) is 8.82. The molecule has 1 unspecified atom stereocenters. The van der Waals surface area contributed by atoms with Gasteiger partial charge in [-0.05, 0) is 24.7 Å². The molecule has 1 amide bonds. The van der Waals surface area contributed by atoms with E-state index in [-0.39, 0.29) is 11.8 Å². The van der Waals surface area contributed by atoms with E-state index in [2.05, 4.69) is 19.2 Å². The van der Waals surface area contributed by atoms with Crippen molar-refractivity contribution in [2.24, 2.45) is 11.8 Å². The molecule has 112 valence electrons. The van der Waals surface area contributed by atoms with Crippen molar-refractivity contribution in [2.75, 3.05) is 0 Å². The molecule has 0 bridgehead atoms. The number of unbranched alkanes of at least 4 members (excludes halogenated alkanes) is 2. The van der Waals surface area contributed by atoms with E-state index in [1.54, 1.807) is 0 Å². The topological polar surface area (TPSA) is 66.4 Å². The van der Waals surface area contributed by atoms with E-state index in [0.29, 0.717) is 18.8 Å². The van der Waals surface area contributed by atoms with Crippen molar-refractivity contribution in [3.63, 3.8) is 0 Å². The van der Waals surface area contributed by atoms with Gasteiger partial charge in [0.1, 0.15) is 6.04 Å². The van der Waals surface area contributed by atoms with Crippen LogP contribution < -0.4 is 5.32 Å². The summed E-state index contributed by atoms with van der Waals surface area (Å²) in [6, 6.07) is -0.747. The van der Waals surface area contributed by atoms with Gasteiger partial charge in [0.25, 0.3) is 0 Å². The van der Waals surface area contributed by atoms with Crippen molar-refractivity contribution in [2.45, 2.75) is 72.3 Å². The lowest BCUT2D eigenvalue weighted by Crippen LogP contribution is -2.41. The third-order valence-corrected chi connectivity index (χ3v) is 3.03. The minimum Gasteiger partial charge on any atom is -0.480 e. The van der Waals surface area contributed by atoms with Gasteiger partial charge in [0.2, 0.25) is 5.91 Å². The van der Waals surface area contributed by atoms with Crippen LogP contribution in [0, 0.1) is 11.8 Å². The molecule has 0 radical (unpaired) electrons. The van der Waals surface area contributed by atoms with E-state index in [1.165, 1.54) is 6.42 Å². The Morgan fingerprint density at radius 3 is 2.11 bits per heavy atom. The van der Waals surface area contributed by atoms with Crippen molar-refractivity contribution in [1.29, 1.82) is 0 Å². The normalized spacial score (nSPS) is 12.7. The smallest absolute Gasteiger partial charge is 0.326 e. The number of carboxylic acid groups (broad SMARTS) is 1. The second-order valence-corrected chi connectivity index (χ2v) is 6.08. The highest BCUT2D eigenvalue weighted by molar-refractivity contribution is 5.83. The van der Waals surface area contributed by atoms with Crippen LogP contribution in [0.4, 0.5) is 0 Å². The molecule has 0 spiro atoms. The second-order valence-electron chi connectivity index (χ2n) is 6.08. The Hall–Kier alpha value is -1.06. The van der Waals surface area contributed by atoms with Crippen molar-refractivity contribution in [1.82, 2.24) is 5.32 Å². The quantitative estimate of drug-likeness (QED) is 0.600. The van der Waals surface area contributed by atoms with Crippen molar-refractivity contribution < 1.29 is 14.7 Å². The van der Waals surface area contributed by atoms with Crippen LogP contribution >= 0.6 is 0 Å². The maximum atomic E-state index is 11.7. The van der Waals surface area contributed by atoms with Gasteiger partial charge in [-0.25, -0.2) is 4.79 Å². The van der Waals surface area contributed by atoms with Crippen LogP contribution in [0.2, 0.25) is 0 Å². The molecule has 1 atom stereocenters. The molecule has 4 nitrogen and oxygen atoms in total. The molecule has 0 aromatic carbocycles. The molecule has 0 aliphatic carbocycles. The summed E-state index contributed by atoms with van der Waals surface area (Å²) in [5, 5.41) is 11.6. The average molecular weight is 271 g/mol. The second kappa shape index (κ2) is 9.82. The maximum absolute atomic E-state index is 11.7. The molecule has 0 saturated heterocycles. The number of aliphatic carboxylic acids is 1. The van der Waals surface area contributed by atoms with Gasteiger partial charge in [-0.2, -0.15) is 0 Å². The van der Waals surface area contributed by atoms with Crippen LogP contribution in [0.3, 0.4) is 0 Å². The third kappa shape index (κ3) is 10.5. The number of nitrogens with one attached hydrogen (secondary N) is 1. The molecule has 0 aromatic heterocycles. The lowest BCUT2D eigenvalue weighted by molar-refractivity contribution is -0.142. The molecule has 0 saturated carbocycles. The van der Waals surface area contributed by atoms with Crippen molar-refractivity contribution in [3.8, 4) is 0 Å². The Kier molecular flexibility index (Phi) is 9.27. The van der Waals surface area contributed by atoms with Crippen LogP contribution in [0.25, 0.3) is 0 Å². The molecule has 0 rings (SSSR count). The summed E-state index contributed by atoms with van der Waals surface area (Å²) >= 11 is 0. The summed E-state index contributed by atoms with van der Waals surface area (Å²) in [6.07, 6.45) is 5.11. The summed E-state index contributed by atoms with van der Waals surface area (Å²) in [5.41, 5.74) is 0. The predicted molar refractivity (Wildman–Crippen MR) is 76.9 cm³/mol. The molecule has 0 aliphatic rings. The van der Waals surface area contributed by atoms with Gasteiger partial charge in [-0.15, -0.1) is 0 Å². The standard InChI is InChI=1S/C15H29NO3/c1-11(2)8-6-5-7-9-14(17)16-13(15(18)19)10-12(3)4/h11-13H,5-10H2,1-4H3,(H,16,17)(H,18,19). The van der Waals surface area contributed by atoms with Gasteiger partial charge >= 0.3 is 5.97 Å². The van der Waals surface area contributed by atoms with E-state index in [1.807, 2.05) is 13.8 Å². The Morgan fingerprint density at radius 1 is 1.00 bits per heavy atom. The molecule has 0 fully saturated rings. The maximum Gasteiger partial charge on any atom is 0.326 e.